The number of ether oxygens (including phenoxy) is 1. The van der Waals surface area contributed by atoms with Gasteiger partial charge in [0.15, 0.2) is 5.13 Å². The highest BCUT2D eigenvalue weighted by molar-refractivity contribution is 7.14. The summed E-state index contributed by atoms with van der Waals surface area (Å²) in [6, 6.07) is 8.16. The van der Waals surface area contributed by atoms with E-state index in [1.807, 2.05) is 17.5 Å². The van der Waals surface area contributed by atoms with Gasteiger partial charge in [-0.2, -0.15) is 0 Å². The van der Waals surface area contributed by atoms with Crippen molar-refractivity contribution in [1.82, 2.24) is 10.3 Å². The van der Waals surface area contributed by atoms with E-state index in [0.29, 0.717) is 11.7 Å². The van der Waals surface area contributed by atoms with Crippen LogP contribution in [0.1, 0.15) is 18.9 Å². The minimum atomic E-state index is -0.215. The molecule has 6 nitrogen and oxygen atoms in total. The maximum Gasteiger partial charge on any atom is 0.252 e. The Kier molecular flexibility index (Phi) is 6.89. The molecule has 2 rings (SSSR count). The average Bonchev–Trinajstić information content (AvgIpc) is 3.00. The molecule has 2 N–H and O–H groups in total. The van der Waals surface area contributed by atoms with E-state index < -0.39 is 0 Å². The van der Waals surface area contributed by atoms with Crippen LogP contribution >= 0.6 is 11.3 Å². The summed E-state index contributed by atoms with van der Waals surface area (Å²) in [5.74, 6) is -0.213. The molecule has 0 fully saturated rings. The summed E-state index contributed by atoms with van der Waals surface area (Å²) in [4.78, 5) is 26.7. The molecule has 0 atom stereocenters. The molecule has 0 aliphatic heterocycles. The monoisotopic (exact) mass is 347 g/mol. The van der Waals surface area contributed by atoms with E-state index in [4.69, 9.17) is 4.74 Å². The van der Waals surface area contributed by atoms with Crippen molar-refractivity contribution in [2.45, 2.75) is 19.8 Å². The third kappa shape index (κ3) is 5.75. The summed E-state index contributed by atoms with van der Waals surface area (Å²) in [6.45, 7) is 2.23. The Balaban J connectivity index is 1.90. The van der Waals surface area contributed by atoms with Gasteiger partial charge in [-0.3, -0.25) is 14.9 Å². The van der Waals surface area contributed by atoms with Crippen LogP contribution in [0.3, 0.4) is 0 Å². The lowest BCUT2D eigenvalue weighted by molar-refractivity contribution is -0.120. The quantitative estimate of drug-likeness (QED) is 0.719. The second-order valence-electron chi connectivity index (χ2n) is 5.30. The van der Waals surface area contributed by atoms with Crippen molar-refractivity contribution < 1.29 is 14.3 Å². The number of amides is 2. The van der Waals surface area contributed by atoms with E-state index in [1.165, 1.54) is 30.9 Å². The molecule has 0 spiro atoms. The Morgan fingerprint density at radius 3 is 2.67 bits per heavy atom. The molecule has 2 aromatic rings. The molecular formula is C17H21N3O3S. The number of carbonyl (C=O) groups is 2. The van der Waals surface area contributed by atoms with Crippen LogP contribution in [-0.4, -0.2) is 37.1 Å². The van der Waals surface area contributed by atoms with Gasteiger partial charge in [0.1, 0.15) is 6.61 Å². The van der Waals surface area contributed by atoms with Gasteiger partial charge in [0.05, 0.1) is 5.69 Å². The fourth-order valence-corrected chi connectivity index (χ4v) is 2.89. The number of aromatic nitrogens is 1. The molecule has 24 heavy (non-hydrogen) atoms. The number of hydrogen-bond acceptors (Lipinski definition) is 5. The molecule has 1 heterocycles. The predicted molar refractivity (Wildman–Crippen MR) is 95.1 cm³/mol. The highest BCUT2D eigenvalue weighted by Crippen LogP contribution is 2.25. The molecule has 0 bridgehead atoms. The molecule has 0 aliphatic carbocycles. The first-order valence-corrected chi connectivity index (χ1v) is 8.54. The van der Waals surface area contributed by atoms with Gasteiger partial charge in [0, 0.05) is 31.5 Å². The fourth-order valence-electron chi connectivity index (χ4n) is 2.15. The number of carbonyl (C=O) groups excluding carboxylic acids is 2. The number of aryl methyl sites for hydroxylation is 1. The van der Waals surface area contributed by atoms with Gasteiger partial charge in [0.2, 0.25) is 5.91 Å². The molecular weight excluding hydrogens is 326 g/mol. The highest BCUT2D eigenvalue weighted by Gasteiger charge is 2.08. The first-order chi connectivity index (χ1) is 11.6. The van der Waals surface area contributed by atoms with Gasteiger partial charge < -0.3 is 10.1 Å². The zero-order valence-electron chi connectivity index (χ0n) is 13.8. The minimum absolute atomic E-state index is 0.00211. The molecule has 0 aliphatic rings. The predicted octanol–water partition coefficient (Wildman–Crippen LogP) is 2.46. The van der Waals surface area contributed by atoms with Gasteiger partial charge in [-0.25, -0.2) is 4.98 Å². The zero-order chi connectivity index (χ0) is 17.4. The van der Waals surface area contributed by atoms with Crippen LogP contribution in [0.4, 0.5) is 5.13 Å². The van der Waals surface area contributed by atoms with Crippen LogP contribution in [0.2, 0.25) is 0 Å². The summed E-state index contributed by atoms with van der Waals surface area (Å²) in [6.07, 6.45) is 1.82. The summed E-state index contributed by atoms with van der Waals surface area (Å²) >= 11 is 1.38. The van der Waals surface area contributed by atoms with Crippen LogP contribution in [0.5, 0.6) is 0 Å². The number of nitrogens with one attached hydrogen (secondary N) is 2. The van der Waals surface area contributed by atoms with Crippen LogP contribution in [0.25, 0.3) is 11.3 Å². The zero-order valence-corrected chi connectivity index (χ0v) is 14.6. The lowest BCUT2D eigenvalue weighted by Gasteiger charge is -2.04. The first kappa shape index (κ1) is 18.1. The number of hydrogen-bond donors (Lipinski definition) is 2. The van der Waals surface area contributed by atoms with Gasteiger partial charge >= 0.3 is 0 Å². The lowest BCUT2D eigenvalue weighted by Crippen LogP contribution is -2.21. The second kappa shape index (κ2) is 9.14. The number of methoxy groups -OCH3 is 1. The molecule has 0 saturated carbocycles. The van der Waals surface area contributed by atoms with E-state index >= 15 is 0 Å². The summed E-state index contributed by atoms with van der Waals surface area (Å²) < 4.78 is 4.78. The van der Waals surface area contributed by atoms with Gasteiger partial charge in [-0.15, -0.1) is 11.3 Å². The van der Waals surface area contributed by atoms with E-state index in [2.05, 4.69) is 27.8 Å². The fraction of sp³-hybridized carbons (Fsp3) is 0.353. The molecule has 1 aromatic carbocycles. The van der Waals surface area contributed by atoms with Crippen LogP contribution in [-0.2, 0) is 20.7 Å². The number of thiazole rings is 1. The van der Waals surface area contributed by atoms with Crippen molar-refractivity contribution in [2.75, 3.05) is 25.6 Å². The molecule has 0 saturated heterocycles. The van der Waals surface area contributed by atoms with Crippen molar-refractivity contribution >= 4 is 28.3 Å². The topological polar surface area (TPSA) is 80.3 Å². The molecule has 7 heteroatoms. The van der Waals surface area contributed by atoms with Crippen molar-refractivity contribution in [3.63, 3.8) is 0 Å². The number of rotatable bonds is 8. The van der Waals surface area contributed by atoms with Crippen molar-refractivity contribution in [1.29, 1.82) is 0 Å². The molecule has 2 amide bonds. The number of anilines is 1. The van der Waals surface area contributed by atoms with Crippen molar-refractivity contribution in [3.8, 4) is 11.3 Å². The molecule has 1 aromatic heterocycles. The molecule has 0 unspecified atom stereocenters. The summed E-state index contributed by atoms with van der Waals surface area (Å²) in [5.41, 5.74) is 3.05. The highest BCUT2D eigenvalue weighted by atomic mass is 32.1. The standard InChI is InChI=1S/C17H21N3O3S/c1-12(21)18-9-3-4-13-5-7-14(8-6-13)15-11-24-17(19-15)20-16(22)10-23-2/h5-8,11H,3-4,9-10H2,1-2H3,(H,18,21)(H,19,20,22). The first-order valence-electron chi connectivity index (χ1n) is 7.66. The smallest absolute Gasteiger partial charge is 0.252 e. The van der Waals surface area contributed by atoms with E-state index in [0.717, 1.165) is 24.1 Å². The van der Waals surface area contributed by atoms with Crippen molar-refractivity contribution in [2.24, 2.45) is 0 Å². The minimum Gasteiger partial charge on any atom is -0.375 e. The van der Waals surface area contributed by atoms with E-state index in [1.54, 1.807) is 0 Å². The summed E-state index contributed by atoms with van der Waals surface area (Å²) in [7, 11) is 1.48. The van der Waals surface area contributed by atoms with E-state index in [9.17, 15) is 9.59 Å². The second-order valence-corrected chi connectivity index (χ2v) is 6.16. The Labute approximate surface area is 145 Å². The largest absolute Gasteiger partial charge is 0.375 e. The molecule has 128 valence electrons. The SMILES string of the molecule is COCC(=O)Nc1nc(-c2ccc(CCCNC(C)=O)cc2)cs1. The third-order valence-electron chi connectivity index (χ3n) is 3.29. The van der Waals surface area contributed by atoms with Crippen molar-refractivity contribution in [3.05, 3.63) is 35.2 Å². The molecule has 0 radical (unpaired) electrons. The Hall–Kier alpha value is -2.25. The lowest BCUT2D eigenvalue weighted by atomic mass is 10.1. The Morgan fingerprint density at radius 1 is 1.25 bits per heavy atom. The maximum atomic E-state index is 11.5. The number of nitrogens with zero attached hydrogens (tertiary/aromatic N) is 1. The van der Waals surface area contributed by atoms with Gasteiger partial charge in [-0.1, -0.05) is 24.3 Å². The average molecular weight is 347 g/mol. The van der Waals surface area contributed by atoms with Crippen LogP contribution in [0, 0.1) is 0 Å². The maximum absolute atomic E-state index is 11.5. The van der Waals surface area contributed by atoms with Crippen LogP contribution < -0.4 is 10.6 Å². The Bertz CT molecular complexity index is 683. The summed E-state index contributed by atoms with van der Waals surface area (Å²) in [5, 5.41) is 7.96. The van der Waals surface area contributed by atoms with E-state index in [-0.39, 0.29) is 18.4 Å². The Morgan fingerprint density at radius 2 is 2.00 bits per heavy atom. The van der Waals surface area contributed by atoms with Gasteiger partial charge in [0.25, 0.3) is 5.91 Å². The van der Waals surface area contributed by atoms with Gasteiger partial charge in [-0.05, 0) is 18.4 Å². The third-order valence-corrected chi connectivity index (χ3v) is 4.05. The normalized spacial score (nSPS) is 10.4. The van der Waals surface area contributed by atoms with Crippen LogP contribution in [0.15, 0.2) is 29.6 Å². The number of benzene rings is 1.